The van der Waals surface area contributed by atoms with Crippen LogP contribution >= 0.6 is 0 Å². The minimum atomic E-state index is -1.72. The summed E-state index contributed by atoms with van der Waals surface area (Å²) in [6.07, 6.45) is -1.72. The van der Waals surface area contributed by atoms with Crippen molar-refractivity contribution in [3.63, 3.8) is 0 Å². The molecule has 0 fully saturated rings. The molecule has 0 saturated carbocycles. The van der Waals surface area contributed by atoms with Crippen LogP contribution in [0.5, 0.6) is 0 Å². The zero-order valence-electron chi connectivity index (χ0n) is 7.48. The van der Waals surface area contributed by atoms with Gasteiger partial charge in [-0.05, 0) is 24.3 Å². The van der Waals surface area contributed by atoms with E-state index < -0.39 is 17.9 Å². The van der Waals surface area contributed by atoms with Crippen LogP contribution in [-0.4, -0.2) is 16.2 Å². The second kappa shape index (κ2) is 3.36. The van der Waals surface area contributed by atoms with Crippen molar-refractivity contribution < 1.29 is 23.8 Å². The molecule has 0 saturated heterocycles. The van der Waals surface area contributed by atoms with Gasteiger partial charge in [0.25, 0.3) is 0 Å². The van der Waals surface area contributed by atoms with Crippen LogP contribution in [0.4, 0.5) is 4.39 Å². The van der Waals surface area contributed by atoms with Crippen molar-refractivity contribution in [2.45, 2.75) is 6.10 Å². The van der Waals surface area contributed by atoms with Gasteiger partial charge in [-0.15, -0.1) is 0 Å². The summed E-state index contributed by atoms with van der Waals surface area (Å²) >= 11 is 0. The van der Waals surface area contributed by atoms with Gasteiger partial charge in [-0.1, -0.05) is 0 Å². The largest absolute Gasteiger partial charge is 0.479 e. The summed E-state index contributed by atoms with van der Waals surface area (Å²) in [6, 6.07) is 5.08. The van der Waals surface area contributed by atoms with E-state index in [9.17, 15) is 14.3 Å². The van der Waals surface area contributed by atoms with Gasteiger partial charge in [0.2, 0.25) is 6.10 Å². The number of halogens is 1. The van der Waals surface area contributed by atoms with E-state index in [1.54, 1.807) is 0 Å². The molecule has 1 unspecified atom stereocenters. The van der Waals surface area contributed by atoms with Gasteiger partial charge in [0.05, 0.1) is 0 Å². The molecule has 2 rings (SSSR count). The molecule has 4 nitrogen and oxygen atoms in total. The van der Waals surface area contributed by atoms with E-state index in [0.29, 0.717) is 11.0 Å². The number of fused-ring (bicyclic) bond motifs is 1. The van der Waals surface area contributed by atoms with Gasteiger partial charge >= 0.3 is 5.97 Å². The molecule has 0 aliphatic carbocycles. The maximum atomic E-state index is 12.8. The summed E-state index contributed by atoms with van der Waals surface area (Å²) in [5, 5.41) is 18.1. The smallest absolute Gasteiger partial charge is 0.340 e. The average molecular weight is 210 g/mol. The number of carboxylic acid groups (broad SMARTS) is 1. The third kappa shape index (κ3) is 1.69. The van der Waals surface area contributed by atoms with Crippen LogP contribution in [0.15, 0.2) is 28.7 Å². The second-order valence-corrected chi connectivity index (χ2v) is 3.07. The Kier molecular flexibility index (Phi) is 2.17. The van der Waals surface area contributed by atoms with Gasteiger partial charge in [-0.3, -0.25) is 0 Å². The third-order valence-electron chi connectivity index (χ3n) is 2.00. The highest BCUT2D eigenvalue weighted by molar-refractivity contribution is 5.80. The molecular formula is C10H7FO4. The summed E-state index contributed by atoms with van der Waals surface area (Å²) in [7, 11) is 0. The van der Waals surface area contributed by atoms with Crippen molar-refractivity contribution in [2.75, 3.05) is 0 Å². The first kappa shape index (κ1) is 9.67. The van der Waals surface area contributed by atoms with Gasteiger partial charge in [0.15, 0.2) is 0 Å². The quantitative estimate of drug-likeness (QED) is 0.791. The molecule has 1 atom stereocenters. The first-order valence-corrected chi connectivity index (χ1v) is 4.18. The third-order valence-corrected chi connectivity index (χ3v) is 2.00. The Morgan fingerprint density at radius 1 is 1.40 bits per heavy atom. The van der Waals surface area contributed by atoms with Crippen LogP contribution in [0.3, 0.4) is 0 Å². The monoisotopic (exact) mass is 210 g/mol. The number of hydrogen-bond acceptors (Lipinski definition) is 3. The number of aliphatic hydroxyl groups is 1. The number of aliphatic hydroxyl groups excluding tert-OH is 1. The van der Waals surface area contributed by atoms with Crippen molar-refractivity contribution in [2.24, 2.45) is 0 Å². The topological polar surface area (TPSA) is 70.7 Å². The van der Waals surface area contributed by atoms with Gasteiger partial charge in [-0.2, -0.15) is 0 Å². The lowest BCUT2D eigenvalue weighted by molar-refractivity contribution is -0.147. The van der Waals surface area contributed by atoms with E-state index in [0.717, 1.165) is 0 Å². The molecule has 1 aromatic heterocycles. The van der Waals surface area contributed by atoms with Crippen molar-refractivity contribution in [3.05, 3.63) is 35.8 Å². The maximum Gasteiger partial charge on any atom is 0.340 e. The number of hydrogen-bond donors (Lipinski definition) is 2. The molecule has 15 heavy (non-hydrogen) atoms. The number of rotatable bonds is 2. The lowest BCUT2D eigenvalue weighted by Crippen LogP contribution is -2.09. The zero-order chi connectivity index (χ0) is 11.0. The molecule has 0 aliphatic rings. The molecule has 0 radical (unpaired) electrons. The van der Waals surface area contributed by atoms with Crippen LogP contribution in [-0.2, 0) is 4.79 Å². The minimum Gasteiger partial charge on any atom is -0.479 e. The van der Waals surface area contributed by atoms with Crippen LogP contribution in [0.1, 0.15) is 11.9 Å². The Labute approximate surface area is 83.6 Å². The predicted molar refractivity (Wildman–Crippen MR) is 48.8 cm³/mol. The minimum absolute atomic E-state index is 0.108. The van der Waals surface area contributed by atoms with Crippen LogP contribution in [0.2, 0.25) is 0 Å². The van der Waals surface area contributed by atoms with E-state index in [2.05, 4.69) is 0 Å². The molecule has 1 heterocycles. The zero-order valence-corrected chi connectivity index (χ0v) is 7.48. The molecule has 1 aromatic carbocycles. The van der Waals surface area contributed by atoms with E-state index in [1.807, 2.05) is 0 Å². The fourth-order valence-electron chi connectivity index (χ4n) is 1.29. The Bertz CT molecular complexity index is 517. The number of carboxylic acids is 1. The SMILES string of the molecule is O=C(O)C(O)c1cc2cc(F)ccc2o1. The lowest BCUT2D eigenvalue weighted by Gasteiger charge is -1.98. The summed E-state index contributed by atoms with van der Waals surface area (Å²) in [4.78, 5) is 10.5. The number of aliphatic carboxylic acids is 1. The van der Waals surface area contributed by atoms with E-state index in [-0.39, 0.29) is 5.76 Å². The van der Waals surface area contributed by atoms with Gasteiger partial charge in [0.1, 0.15) is 17.2 Å². The van der Waals surface area contributed by atoms with E-state index in [1.165, 1.54) is 24.3 Å². The number of furan rings is 1. The second-order valence-electron chi connectivity index (χ2n) is 3.07. The van der Waals surface area contributed by atoms with Gasteiger partial charge in [-0.25, -0.2) is 9.18 Å². The highest BCUT2D eigenvalue weighted by Crippen LogP contribution is 2.24. The van der Waals surface area contributed by atoms with Crippen LogP contribution in [0, 0.1) is 5.82 Å². The fourth-order valence-corrected chi connectivity index (χ4v) is 1.29. The van der Waals surface area contributed by atoms with Crippen LogP contribution < -0.4 is 0 Å². The van der Waals surface area contributed by atoms with Crippen LogP contribution in [0.25, 0.3) is 11.0 Å². The molecule has 2 N–H and O–H groups in total. The predicted octanol–water partition coefficient (Wildman–Crippen LogP) is 1.69. The number of carbonyl (C=O) groups is 1. The summed E-state index contributed by atoms with van der Waals surface area (Å²) in [5.74, 6) is -1.96. The Hall–Kier alpha value is -1.88. The van der Waals surface area contributed by atoms with Crippen molar-refractivity contribution in [1.82, 2.24) is 0 Å². The lowest BCUT2D eigenvalue weighted by atomic mass is 10.2. The number of benzene rings is 1. The standard InChI is InChI=1S/C10H7FO4/c11-6-1-2-7-5(3-6)4-8(15-7)9(12)10(13)14/h1-4,9,12H,(H,13,14). The average Bonchev–Trinajstić information content (AvgIpc) is 2.58. The highest BCUT2D eigenvalue weighted by atomic mass is 19.1. The summed E-state index contributed by atoms with van der Waals surface area (Å²) in [5.41, 5.74) is 0.340. The summed E-state index contributed by atoms with van der Waals surface area (Å²) in [6.45, 7) is 0. The first-order valence-electron chi connectivity index (χ1n) is 4.18. The molecule has 0 amide bonds. The fraction of sp³-hybridized carbons (Fsp3) is 0.100. The highest BCUT2D eigenvalue weighted by Gasteiger charge is 2.20. The molecule has 0 spiro atoms. The van der Waals surface area contributed by atoms with E-state index in [4.69, 9.17) is 9.52 Å². The molecule has 78 valence electrons. The Morgan fingerprint density at radius 3 is 2.80 bits per heavy atom. The molecule has 2 aromatic rings. The summed E-state index contributed by atoms with van der Waals surface area (Å²) < 4.78 is 17.8. The van der Waals surface area contributed by atoms with Crippen molar-refractivity contribution >= 4 is 16.9 Å². The van der Waals surface area contributed by atoms with E-state index >= 15 is 0 Å². The van der Waals surface area contributed by atoms with Gasteiger partial charge < -0.3 is 14.6 Å². The molecule has 0 aliphatic heterocycles. The normalized spacial score (nSPS) is 12.9. The maximum absolute atomic E-state index is 12.8. The Morgan fingerprint density at radius 2 is 2.13 bits per heavy atom. The Balaban J connectivity index is 2.51. The molecular weight excluding hydrogens is 203 g/mol. The molecule has 5 heteroatoms. The molecule has 0 bridgehead atoms. The van der Waals surface area contributed by atoms with Gasteiger partial charge in [0, 0.05) is 5.39 Å². The first-order chi connectivity index (χ1) is 7.08. The van der Waals surface area contributed by atoms with Crippen molar-refractivity contribution in [3.8, 4) is 0 Å². The van der Waals surface area contributed by atoms with Crippen molar-refractivity contribution in [1.29, 1.82) is 0 Å².